The molecule has 0 bridgehead atoms. The van der Waals surface area contributed by atoms with E-state index in [0.717, 1.165) is 12.8 Å². The Morgan fingerprint density at radius 3 is 2.71 bits per heavy atom. The lowest BCUT2D eigenvalue weighted by atomic mass is 10.3. The summed E-state index contributed by atoms with van der Waals surface area (Å²) in [6.45, 7) is 0.544. The number of carboxylic acid groups (broad SMARTS) is 1. The Morgan fingerprint density at radius 2 is 2.29 bits per heavy atom. The van der Waals surface area contributed by atoms with Gasteiger partial charge in [0, 0.05) is 30.3 Å². The van der Waals surface area contributed by atoms with Crippen molar-refractivity contribution < 1.29 is 18.8 Å². The minimum absolute atomic E-state index is 0.149. The molecule has 0 amide bonds. The van der Waals surface area contributed by atoms with Crippen LogP contribution < -0.4 is 0 Å². The first-order valence-corrected chi connectivity index (χ1v) is 6.14. The molecule has 1 fully saturated rings. The Balaban J connectivity index is 2.35. The highest BCUT2D eigenvalue weighted by Gasteiger charge is 2.39. The van der Waals surface area contributed by atoms with E-state index in [1.807, 2.05) is 0 Å². The summed E-state index contributed by atoms with van der Waals surface area (Å²) < 4.78 is 16.4. The summed E-state index contributed by atoms with van der Waals surface area (Å²) in [5, 5.41) is 8.24. The zero-order chi connectivity index (χ0) is 10.6. The summed E-state index contributed by atoms with van der Waals surface area (Å²) in [5.41, 5.74) is 0. The molecule has 82 valence electrons. The average Bonchev–Trinajstić information content (AvgIpc) is 2.88. The summed E-state index contributed by atoms with van der Waals surface area (Å²) >= 11 is 0. The molecular weight excluding hydrogens is 204 g/mol. The highest BCUT2D eigenvalue weighted by Crippen LogP contribution is 2.35. The third-order valence-corrected chi connectivity index (χ3v) is 4.11. The summed E-state index contributed by atoms with van der Waals surface area (Å²) in [6.07, 6.45) is 2.49. The number of aliphatic carboxylic acids is 1. The Morgan fingerprint density at radius 1 is 1.64 bits per heavy atom. The normalized spacial score (nSPS) is 20.4. The van der Waals surface area contributed by atoms with Crippen molar-refractivity contribution in [3.63, 3.8) is 0 Å². The van der Waals surface area contributed by atoms with E-state index in [1.54, 1.807) is 7.11 Å². The lowest BCUT2D eigenvalue weighted by Crippen LogP contribution is -2.29. The maximum Gasteiger partial charge on any atom is 0.319 e. The van der Waals surface area contributed by atoms with Crippen LogP contribution in [0.15, 0.2) is 0 Å². The van der Waals surface area contributed by atoms with Crippen molar-refractivity contribution in [2.45, 2.75) is 24.5 Å². The van der Waals surface area contributed by atoms with E-state index in [1.165, 1.54) is 0 Å². The van der Waals surface area contributed by atoms with E-state index < -0.39 is 22.0 Å². The summed E-state index contributed by atoms with van der Waals surface area (Å²) in [5.74, 6) is -0.333. The van der Waals surface area contributed by atoms with Crippen molar-refractivity contribution in [2.75, 3.05) is 19.5 Å². The van der Waals surface area contributed by atoms with Gasteiger partial charge in [0.15, 0.2) is 0 Å². The van der Waals surface area contributed by atoms with Gasteiger partial charge in [0.2, 0.25) is 0 Å². The summed E-state index contributed by atoms with van der Waals surface area (Å²) in [4.78, 5) is 10.8. The van der Waals surface area contributed by atoms with Crippen LogP contribution in [0.3, 0.4) is 0 Å². The van der Waals surface area contributed by atoms with Gasteiger partial charge in [-0.1, -0.05) is 0 Å². The van der Waals surface area contributed by atoms with Gasteiger partial charge in [0.1, 0.15) is 5.25 Å². The second-order valence-corrected chi connectivity index (χ2v) is 5.21. The molecule has 0 aromatic heterocycles. The van der Waals surface area contributed by atoms with Crippen LogP contribution in [0.5, 0.6) is 0 Å². The number of carboxylic acids is 1. The SMILES string of the molecule is COCCCS(=O)C(C(=O)O)C1CC1. The minimum atomic E-state index is -1.24. The minimum Gasteiger partial charge on any atom is -0.480 e. The number of hydrogen-bond acceptors (Lipinski definition) is 3. The van der Waals surface area contributed by atoms with Crippen LogP contribution in [0.25, 0.3) is 0 Å². The van der Waals surface area contributed by atoms with Gasteiger partial charge in [-0.25, -0.2) is 0 Å². The van der Waals surface area contributed by atoms with Gasteiger partial charge in [-0.15, -0.1) is 0 Å². The Labute approximate surface area is 86.1 Å². The largest absolute Gasteiger partial charge is 0.480 e. The fourth-order valence-corrected chi connectivity index (χ4v) is 2.98. The van der Waals surface area contributed by atoms with Crippen LogP contribution in [0.1, 0.15) is 19.3 Å². The molecule has 1 N–H and O–H groups in total. The van der Waals surface area contributed by atoms with E-state index >= 15 is 0 Å². The molecule has 1 aliphatic carbocycles. The van der Waals surface area contributed by atoms with Gasteiger partial charge in [0.05, 0.1) is 0 Å². The average molecular weight is 220 g/mol. The molecule has 1 saturated carbocycles. The molecule has 0 aromatic rings. The number of ether oxygens (including phenoxy) is 1. The second kappa shape index (κ2) is 5.46. The van der Waals surface area contributed by atoms with E-state index in [-0.39, 0.29) is 5.92 Å². The number of hydrogen-bond donors (Lipinski definition) is 1. The van der Waals surface area contributed by atoms with Crippen LogP contribution >= 0.6 is 0 Å². The van der Waals surface area contributed by atoms with E-state index in [9.17, 15) is 9.00 Å². The molecule has 14 heavy (non-hydrogen) atoms. The molecule has 2 unspecified atom stereocenters. The lowest BCUT2D eigenvalue weighted by Gasteiger charge is -2.10. The predicted octanol–water partition coefficient (Wildman–Crippen LogP) is 0.635. The van der Waals surface area contributed by atoms with Gasteiger partial charge in [0.25, 0.3) is 0 Å². The quantitative estimate of drug-likeness (QED) is 0.639. The molecule has 0 radical (unpaired) electrons. The molecular formula is C9H16O4S. The molecule has 0 spiro atoms. The van der Waals surface area contributed by atoms with E-state index in [0.29, 0.717) is 18.8 Å². The monoisotopic (exact) mass is 220 g/mol. The molecule has 5 heteroatoms. The van der Waals surface area contributed by atoms with Crippen molar-refractivity contribution in [1.82, 2.24) is 0 Å². The smallest absolute Gasteiger partial charge is 0.319 e. The van der Waals surface area contributed by atoms with Crippen molar-refractivity contribution in [1.29, 1.82) is 0 Å². The standard InChI is InChI=1S/C9H16O4S/c1-13-5-2-6-14(12)8(9(10)11)7-3-4-7/h7-8H,2-6H2,1H3,(H,10,11). The first-order valence-electron chi connectivity index (χ1n) is 4.75. The molecule has 0 aromatic carbocycles. The van der Waals surface area contributed by atoms with E-state index in [2.05, 4.69) is 0 Å². The topological polar surface area (TPSA) is 63.6 Å². The van der Waals surface area contributed by atoms with Crippen LogP contribution in [0, 0.1) is 5.92 Å². The number of methoxy groups -OCH3 is 1. The Bertz CT molecular complexity index is 225. The van der Waals surface area contributed by atoms with Crippen molar-refractivity contribution in [2.24, 2.45) is 5.92 Å². The van der Waals surface area contributed by atoms with Crippen LogP contribution in [0.2, 0.25) is 0 Å². The van der Waals surface area contributed by atoms with Gasteiger partial charge in [-0.3, -0.25) is 9.00 Å². The first kappa shape index (κ1) is 11.7. The fraction of sp³-hybridized carbons (Fsp3) is 0.889. The van der Waals surface area contributed by atoms with Crippen molar-refractivity contribution >= 4 is 16.8 Å². The van der Waals surface area contributed by atoms with E-state index in [4.69, 9.17) is 9.84 Å². The highest BCUT2D eigenvalue weighted by molar-refractivity contribution is 7.86. The van der Waals surface area contributed by atoms with Crippen LogP contribution in [-0.4, -0.2) is 40.0 Å². The maximum atomic E-state index is 11.6. The van der Waals surface area contributed by atoms with Crippen molar-refractivity contribution in [3.05, 3.63) is 0 Å². The first-order chi connectivity index (χ1) is 6.66. The third kappa shape index (κ3) is 3.38. The zero-order valence-electron chi connectivity index (χ0n) is 8.27. The number of rotatable bonds is 7. The van der Waals surface area contributed by atoms with Gasteiger partial charge in [-0.2, -0.15) is 0 Å². The van der Waals surface area contributed by atoms with Gasteiger partial charge < -0.3 is 9.84 Å². The maximum absolute atomic E-state index is 11.6. The highest BCUT2D eigenvalue weighted by atomic mass is 32.2. The number of carbonyl (C=O) groups is 1. The molecule has 0 heterocycles. The molecule has 4 nitrogen and oxygen atoms in total. The Hall–Kier alpha value is -0.420. The predicted molar refractivity (Wildman–Crippen MR) is 53.7 cm³/mol. The third-order valence-electron chi connectivity index (χ3n) is 2.27. The molecule has 1 rings (SSSR count). The zero-order valence-corrected chi connectivity index (χ0v) is 9.09. The second-order valence-electron chi connectivity index (χ2n) is 3.53. The van der Waals surface area contributed by atoms with Crippen LogP contribution in [-0.2, 0) is 20.3 Å². The molecule has 0 saturated heterocycles. The Kier molecular flexibility index (Phi) is 4.54. The van der Waals surface area contributed by atoms with Gasteiger partial charge in [-0.05, 0) is 25.2 Å². The summed E-state index contributed by atoms with van der Waals surface area (Å²) in [6, 6.07) is 0. The van der Waals surface area contributed by atoms with Crippen molar-refractivity contribution in [3.8, 4) is 0 Å². The molecule has 2 atom stereocenters. The molecule has 0 aliphatic heterocycles. The molecule has 1 aliphatic rings. The van der Waals surface area contributed by atoms with Gasteiger partial charge >= 0.3 is 5.97 Å². The lowest BCUT2D eigenvalue weighted by molar-refractivity contribution is -0.136. The summed E-state index contributed by atoms with van der Waals surface area (Å²) in [7, 11) is 0.345. The van der Waals surface area contributed by atoms with Crippen LogP contribution in [0.4, 0.5) is 0 Å². The fourth-order valence-electron chi connectivity index (χ4n) is 1.40.